The first-order chi connectivity index (χ1) is 13.9. The minimum atomic E-state index is -0.460. The van der Waals surface area contributed by atoms with Gasteiger partial charge in [0.15, 0.2) is 5.65 Å². The number of nitrogens with one attached hydrogen (secondary N) is 1. The summed E-state index contributed by atoms with van der Waals surface area (Å²) in [5, 5.41) is 3.56. The molecule has 152 valence electrons. The molecule has 0 fully saturated rings. The fourth-order valence-corrected chi connectivity index (χ4v) is 3.77. The van der Waals surface area contributed by atoms with Crippen LogP contribution in [-0.4, -0.2) is 37.3 Å². The Bertz CT molecular complexity index is 1150. The molecule has 3 aromatic rings. The van der Waals surface area contributed by atoms with E-state index < -0.39 is 11.2 Å². The molecule has 1 N–H and O–H groups in total. The Hall–Kier alpha value is -2.94. The number of nitrogens with zero attached hydrogens (tertiary/aromatic N) is 4. The second-order valence-corrected chi connectivity index (χ2v) is 7.54. The predicted molar refractivity (Wildman–Crippen MR) is 113 cm³/mol. The molecule has 29 heavy (non-hydrogen) atoms. The van der Waals surface area contributed by atoms with Gasteiger partial charge >= 0.3 is 5.69 Å². The van der Waals surface area contributed by atoms with Crippen molar-refractivity contribution in [3.05, 3.63) is 62.6 Å². The summed E-state index contributed by atoms with van der Waals surface area (Å²) < 4.78 is 2.36. The lowest BCUT2D eigenvalue weighted by Gasteiger charge is -2.11. The molecule has 0 radical (unpaired) electrons. The van der Waals surface area contributed by atoms with E-state index >= 15 is 0 Å². The van der Waals surface area contributed by atoms with Gasteiger partial charge in [0, 0.05) is 27.1 Å². The molecule has 0 unspecified atom stereocenters. The van der Waals surface area contributed by atoms with Crippen molar-refractivity contribution in [1.82, 2.24) is 24.4 Å². The number of rotatable bonds is 7. The van der Waals surface area contributed by atoms with Crippen LogP contribution < -0.4 is 16.6 Å². The van der Waals surface area contributed by atoms with Crippen LogP contribution in [0.4, 0.5) is 0 Å². The molecule has 3 rings (SSSR count). The quantitative estimate of drug-likeness (QED) is 0.459. The van der Waals surface area contributed by atoms with E-state index in [4.69, 9.17) is 0 Å². The van der Waals surface area contributed by atoms with Gasteiger partial charge in [0.2, 0.25) is 5.91 Å². The van der Waals surface area contributed by atoms with Crippen molar-refractivity contribution < 1.29 is 4.79 Å². The van der Waals surface area contributed by atoms with Crippen LogP contribution in [0.2, 0.25) is 0 Å². The maximum atomic E-state index is 12.7. The van der Waals surface area contributed by atoms with Crippen LogP contribution in [0.1, 0.15) is 18.3 Å². The van der Waals surface area contributed by atoms with Gasteiger partial charge in [-0.05, 0) is 12.0 Å². The Balaban J connectivity index is 1.78. The predicted octanol–water partition coefficient (Wildman–Crippen LogP) is 1.04. The Kier molecular flexibility index (Phi) is 6.48. The number of hydrogen-bond acceptors (Lipinski definition) is 6. The van der Waals surface area contributed by atoms with Gasteiger partial charge in [0.1, 0.15) is 16.2 Å². The van der Waals surface area contributed by atoms with Crippen LogP contribution >= 0.6 is 11.8 Å². The van der Waals surface area contributed by atoms with Crippen molar-refractivity contribution in [3.63, 3.8) is 0 Å². The highest BCUT2D eigenvalue weighted by Crippen LogP contribution is 2.22. The first kappa shape index (κ1) is 20.8. The van der Waals surface area contributed by atoms with Crippen LogP contribution in [0.15, 0.2) is 44.9 Å². The van der Waals surface area contributed by atoms with Gasteiger partial charge in [-0.15, -0.1) is 0 Å². The number of amides is 1. The fourth-order valence-electron chi connectivity index (χ4n) is 2.91. The van der Waals surface area contributed by atoms with Crippen LogP contribution in [-0.2, 0) is 31.7 Å². The lowest BCUT2D eigenvalue weighted by molar-refractivity contribution is -0.118. The van der Waals surface area contributed by atoms with Gasteiger partial charge in [-0.3, -0.25) is 18.7 Å². The molecule has 2 heterocycles. The van der Waals surface area contributed by atoms with E-state index in [0.717, 1.165) is 16.6 Å². The van der Waals surface area contributed by atoms with Gasteiger partial charge in [-0.25, -0.2) is 14.8 Å². The normalized spacial score (nSPS) is 11.0. The van der Waals surface area contributed by atoms with E-state index in [1.807, 2.05) is 37.3 Å². The molecule has 2 aromatic heterocycles. The van der Waals surface area contributed by atoms with Crippen molar-refractivity contribution in [2.24, 2.45) is 14.1 Å². The van der Waals surface area contributed by atoms with Crippen LogP contribution in [0.3, 0.4) is 0 Å². The molecule has 0 spiro atoms. The molecule has 0 aliphatic heterocycles. The van der Waals surface area contributed by atoms with E-state index in [9.17, 15) is 14.4 Å². The largest absolute Gasteiger partial charge is 0.355 e. The summed E-state index contributed by atoms with van der Waals surface area (Å²) in [5.74, 6) is 0.501. The fraction of sp³-hybridized carbons (Fsp3) is 0.350. The molecule has 1 amide bonds. The maximum absolute atomic E-state index is 12.7. The van der Waals surface area contributed by atoms with Gasteiger partial charge in [-0.1, -0.05) is 49.0 Å². The minimum absolute atomic E-state index is 0.121. The summed E-state index contributed by atoms with van der Waals surface area (Å²) in [4.78, 5) is 45.9. The van der Waals surface area contributed by atoms with Gasteiger partial charge in [0.25, 0.3) is 5.56 Å². The molecule has 0 aliphatic rings. The smallest absolute Gasteiger partial charge is 0.332 e. The number of carbonyl (C=O) groups excluding carboxylic acids is 1. The molecule has 9 heteroatoms. The number of aromatic nitrogens is 4. The average molecular weight is 414 g/mol. The average Bonchev–Trinajstić information content (AvgIpc) is 2.74. The highest BCUT2D eigenvalue weighted by Gasteiger charge is 2.17. The highest BCUT2D eigenvalue weighted by atomic mass is 32.2. The molecular weight excluding hydrogens is 390 g/mol. The summed E-state index contributed by atoms with van der Waals surface area (Å²) in [6, 6.07) is 9.91. The SMILES string of the molecule is CCc1nc(SCC(=O)NCCc2ccccc2)c2c(=O)n(C)c(=O)n(C)c2n1. The first-order valence-electron chi connectivity index (χ1n) is 9.32. The minimum Gasteiger partial charge on any atom is -0.355 e. The maximum Gasteiger partial charge on any atom is 0.332 e. The van der Waals surface area contributed by atoms with Crippen LogP contribution in [0, 0.1) is 0 Å². The molecular formula is C20H23N5O3S. The third-order valence-electron chi connectivity index (χ3n) is 4.55. The van der Waals surface area contributed by atoms with Crippen LogP contribution in [0.5, 0.6) is 0 Å². The lowest BCUT2D eigenvalue weighted by atomic mass is 10.1. The molecule has 0 aliphatic carbocycles. The lowest BCUT2D eigenvalue weighted by Crippen LogP contribution is -2.38. The Morgan fingerprint density at radius 2 is 1.83 bits per heavy atom. The number of benzene rings is 1. The summed E-state index contributed by atoms with van der Waals surface area (Å²) in [7, 11) is 2.99. The molecule has 1 aromatic carbocycles. The van der Waals surface area contributed by atoms with E-state index in [-0.39, 0.29) is 22.7 Å². The topological polar surface area (TPSA) is 98.9 Å². The van der Waals surface area contributed by atoms with Crippen LogP contribution in [0.25, 0.3) is 11.0 Å². The van der Waals surface area contributed by atoms with Gasteiger partial charge in [-0.2, -0.15) is 0 Å². The first-order valence-corrected chi connectivity index (χ1v) is 10.3. The standard InChI is InChI=1S/C20H23N5O3S/c1-4-14-22-17-16(19(27)25(3)20(28)24(17)2)18(23-14)29-12-15(26)21-11-10-13-8-6-5-7-9-13/h5-9H,4,10-12H2,1-3H3,(H,21,26). The third-order valence-corrected chi connectivity index (χ3v) is 5.52. The number of hydrogen-bond donors (Lipinski definition) is 1. The third kappa shape index (κ3) is 4.56. The highest BCUT2D eigenvalue weighted by molar-refractivity contribution is 8.00. The Labute approximate surface area is 172 Å². The second-order valence-electron chi connectivity index (χ2n) is 6.58. The monoisotopic (exact) mass is 413 g/mol. The van der Waals surface area contributed by atoms with Crippen molar-refractivity contribution in [3.8, 4) is 0 Å². The number of thioether (sulfide) groups is 1. The molecule has 8 nitrogen and oxygen atoms in total. The summed E-state index contributed by atoms with van der Waals surface area (Å²) in [5.41, 5.74) is 0.534. The van der Waals surface area contributed by atoms with E-state index in [2.05, 4.69) is 15.3 Å². The summed E-state index contributed by atoms with van der Waals surface area (Å²) in [6.07, 6.45) is 1.30. The molecule has 0 saturated heterocycles. The zero-order chi connectivity index (χ0) is 21.0. The van der Waals surface area contributed by atoms with Crippen molar-refractivity contribution >= 4 is 28.7 Å². The second kappa shape index (κ2) is 9.04. The van der Waals surface area contributed by atoms with Gasteiger partial charge in [0.05, 0.1) is 5.75 Å². The number of carbonyl (C=O) groups is 1. The van der Waals surface area contributed by atoms with Crippen molar-refractivity contribution in [2.45, 2.75) is 24.8 Å². The zero-order valence-corrected chi connectivity index (χ0v) is 17.5. The van der Waals surface area contributed by atoms with E-state index in [1.165, 1.54) is 23.4 Å². The zero-order valence-electron chi connectivity index (χ0n) is 16.6. The van der Waals surface area contributed by atoms with Crippen molar-refractivity contribution in [1.29, 1.82) is 0 Å². The summed E-state index contributed by atoms with van der Waals surface area (Å²) >= 11 is 1.18. The molecule has 0 bridgehead atoms. The Morgan fingerprint density at radius 3 is 2.52 bits per heavy atom. The summed E-state index contributed by atoms with van der Waals surface area (Å²) in [6.45, 7) is 2.43. The number of aryl methyl sites for hydroxylation is 2. The molecule has 0 atom stereocenters. The van der Waals surface area contributed by atoms with Gasteiger partial charge < -0.3 is 5.32 Å². The van der Waals surface area contributed by atoms with Crippen molar-refractivity contribution in [2.75, 3.05) is 12.3 Å². The number of fused-ring (bicyclic) bond motifs is 1. The van der Waals surface area contributed by atoms with E-state index in [1.54, 1.807) is 7.05 Å². The molecule has 0 saturated carbocycles. The van der Waals surface area contributed by atoms with E-state index in [0.29, 0.717) is 23.8 Å². The Morgan fingerprint density at radius 1 is 1.10 bits per heavy atom.